The molecule has 2 heterocycles. The maximum absolute atomic E-state index is 13.0. The van der Waals surface area contributed by atoms with Crippen molar-refractivity contribution in [3.8, 4) is 0 Å². The van der Waals surface area contributed by atoms with Crippen LogP contribution in [0.2, 0.25) is 0 Å². The topological polar surface area (TPSA) is 84.6 Å². The van der Waals surface area contributed by atoms with E-state index in [2.05, 4.69) is 14.9 Å². The quantitative estimate of drug-likeness (QED) is 0.636. The minimum absolute atomic E-state index is 0.0115. The third kappa shape index (κ3) is 4.07. The fraction of sp³-hybridized carbons (Fsp3) is 0.238. The molecule has 1 aromatic heterocycles. The van der Waals surface area contributed by atoms with Gasteiger partial charge < -0.3 is 4.52 Å². The molecule has 2 aromatic carbocycles. The van der Waals surface area contributed by atoms with Crippen LogP contribution in [0.1, 0.15) is 33.7 Å². The van der Waals surface area contributed by atoms with Crippen molar-refractivity contribution in [3.05, 3.63) is 76.2 Å². The van der Waals surface area contributed by atoms with E-state index in [9.17, 15) is 21.6 Å². The molecule has 1 aliphatic rings. The van der Waals surface area contributed by atoms with E-state index in [1.165, 1.54) is 19.9 Å². The molecule has 6 nitrogen and oxygen atoms in total. The molecule has 0 saturated heterocycles. The molecule has 0 saturated carbocycles. The van der Waals surface area contributed by atoms with Crippen LogP contribution in [0.4, 0.5) is 18.9 Å². The highest BCUT2D eigenvalue weighted by atomic mass is 32.2. The molecule has 0 atom stereocenters. The van der Waals surface area contributed by atoms with Gasteiger partial charge in [-0.25, -0.2) is 8.42 Å². The summed E-state index contributed by atoms with van der Waals surface area (Å²) < 4.78 is 71.7. The lowest BCUT2D eigenvalue weighted by molar-refractivity contribution is -0.137. The maximum Gasteiger partial charge on any atom is 0.416 e. The zero-order valence-corrected chi connectivity index (χ0v) is 17.4. The van der Waals surface area contributed by atoms with E-state index in [4.69, 9.17) is 4.52 Å². The highest BCUT2D eigenvalue weighted by Crippen LogP contribution is 2.32. The van der Waals surface area contributed by atoms with Gasteiger partial charge in [-0.2, -0.15) is 13.2 Å². The summed E-state index contributed by atoms with van der Waals surface area (Å²) in [5.41, 5.74) is 2.39. The van der Waals surface area contributed by atoms with Crippen molar-refractivity contribution in [1.82, 2.24) is 5.16 Å². The average molecular weight is 449 g/mol. The number of anilines is 1. The van der Waals surface area contributed by atoms with Crippen LogP contribution in [0.25, 0.3) is 0 Å². The van der Waals surface area contributed by atoms with Gasteiger partial charge in [-0.15, -0.1) is 0 Å². The monoisotopic (exact) mass is 449 g/mol. The number of nitrogens with one attached hydrogen (secondary N) is 1. The number of benzene rings is 2. The zero-order chi connectivity index (χ0) is 22.4. The number of hydrogen-bond donors (Lipinski definition) is 1. The summed E-state index contributed by atoms with van der Waals surface area (Å²) in [5, 5.41) is 3.66. The third-order valence-electron chi connectivity index (χ3n) is 4.99. The maximum atomic E-state index is 13.0. The van der Waals surface area contributed by atoms with Gasteiger partial charge in [-0.3, -0.25) is 9.71 Å². The lowest BCUT2D eigenvalue weighted by atomic mass is 9.92. The van der Waals surface area contributed by atoms with E-state index in [0.29, 0.717) is 41.1 Å². The van der Waals surface area contributed by atoms with Gasteiger partial charge in [0.15, 0.2) is 10.7 Å². The summed E-state index contributed by atoms with van der Waals surface area (Å²) in [4.78, 5) is 4.47. The molecule has 3 aromatic rings. The minimum atomic E-state index is -4.40. The average Bonchev–Trinajstić information content (AvgIpc) is 3.06. The predicted octanol–water partition coefficient (Wildman–Crippen LogP) is 4.50. The van der Waals surface area contributed by atoms with Crippen LogP contribution in [-0.2, 0) is 22.6 Å². The van der Waals surface area contributed by atoms with E-state index in [1.54, 1.807) is 24.3 Å². The second-order valence-corrected chi connectivity index (χ2v) is 8.81. The van der Waals surface area contributed by atoms with Gasteiger partial charge in [0.2, 0.25) is 0 Å². The second-order valence-electron chi connectivity index (χ2n) is 7.19. The standard InChI is InChI=1S/C21H18F3N3O3S/c1-12-20(13(2)30-26-12)31(28,29)27-17-6-3-14(4-7-17)19-18-8-5-16(21(22,23)24)11-15(18)9-10-25-19/h3-8,11,27H,9-10H2,1-2H3. The lowest BCUT2D eigenvalue weighted by Gasteiger charge is -2.19. The van der Waals surface area contributed by atoms with Gasteiger partial charge >= 0.3 is 6.18 Å². The van der Waals surface area contributed by atoms with Gasteiger partial charge in [0.1, 0.15) is 5.69 Å². The van der Waals surface area contributed by atoms with Crippen molar-refractivity contribution in [1.29, 1.82) is 0 Å². The van der Waals surface area contributed by atoms with Crippen LogP contribution in [0.5, 0.6) is 0 Å². The van der Waals surface area contributed by atoms with Crippen molar-refractivity contribution in [3.63, 3.8) is 0 Å². The smallest absolute Gasteiger partial charge is 0.360 e. The molecular weight excluding hydrogens is 431 g/mol. The number of aryl methyl sites for hydroxylation is 2. The van der Waals surface area contributed by atoms with Gasteiger partial charge in [0.25, 0.3) is 10.0 Å². The fourth-order valence-corrected chi connectivity index (χ4v) is 4.98. The number of nitrogens with zero attached hydrogens (tertiary/aromatic N) is 2. The van der Waals surface area contributed by atoms with Crippen LogP contribution in [0, 0.1) is 13.8 Å². The van der Waals surface area contributed by atoms with E-state index < -0.39 is 21.8 Å². The van der Waals surface area contributed by atoms with Crippen LogP contribution in [0.15, 0.2) is 56.9 Å². The van der Waals surface area contributed by atoms with Crippen molar-refractivity contribution in [2.75, 3.05) is 11.3 Å². The van der Waals surface area contributed by atoms with E-state index in [1.807, 2.05) is 0 Å². The van der Waals surface area contributed by atoms with Crippen molar-refractivity contribution in [2.24, 2.45) is 4.99 Å². The van der Waals surface area contributed by atoms with Crippen molar-refractivity contribution < 1.29 is 26.1 Å². The van der Waals surface area contributed by atoms with Crippen molar-refractivity contribution >= 4 is 21.4 Å². The van der Waals surface area contributed by atoms with Gasteiger partial charge in [-0.05, 0) is 50.1 Å². The van der Waals surface area contributed by atoms with Gasteiger partial charge in [0.05, 0.1) is 11.3 Å². The molecule has 31 heavy (non-hydrogen) atoms. The lowest BCUT2D eigenvalue weighted by Crippen LogP contribution is -2.17. The van der Waals surface area contributed by atoms with Crippen molar-refractivity contribution in [2.45, 2.75) is 31.3 Å². The van der Waals surface area contributed by atoms with Gasteiger partial charge in [-0.1, -0.05) is 23.4 Å². The van der Waals surface area contributed by atoms with Crippen LogP contribution < -0.4 is 4.72 Å². The first-order valence-electron chi connectivity index (χ1n) is 9.37. The number of aromatic nitrogens is 1. The Bertz CT molecular complexity index is 1260. The molecule has 162 valence electrons. The number of halogens is 3. The second kappa shape index (κ2) is 7.52. The summed E-state index contributed by atoms with van der Waals surface area (Å²) in [6.45, 7) is 3.43. The molecule has 1 N–H and O–H groups in total. The number of rotatable bonds is 4. The van der Waals surface area contributed by atoms with Crippen LogP contribution in [-0.4, -0.2) is 25.8 Å². The van der Waals surface area contributed by atoms with E-state index in [-0.39, 0.29) is 16.3 Å². The minimum Gasteiger partial charge on any atom is -0.360 e. The number of aliphatic imine (C=N–C) groups is 1. The molecule has 0 aliphatic carbocycles. The van der Waals surface area contributed by atoms with Gasteiger partial charge in [0, 0.05) is 23.4 Å². The molecular formula is C21H18F3N3O3S. The molecule has 0 amide bonds. The third-order valence-corrected chi connectivity index (χ3v) is 6.61. The summed E-state index contributed by atoms with van der Waals surface area (Å²) >= 11 is 0. The normalized spacial score (nSPS) is 14.2. The highest BCUT2D eigenvalue weighted by Gasteiger charge is 2.31. The summed E-state index contributed by atoms with van der Waals surface area (Å²) in [6, 6.07) is 10.2. The van der Waals surface area contributed by atoms with E-state index in [0.717, 1.165) is 12.1 Å². The Morgan fingerprint density at radius 2 is 1.77 bits per heavy atom. The first-order valence-corrected chi connectivity index (χ1v) is 10.9. The zero-order valence-electron chi connectivity index (χ0n) is 16.6. The summed E-state index contributed by atoms with van der Waals surface area (Å²) in [5.74, 6) is 0.188. The predicted molar refractivity (Wildman–Crippen MR) is 109 cm³/mol. The Morgan fingerprint density at radius 3 is 2.39 bits per heavy atom. The summed E-state index contributed by atoms with van der Waals surface area (Å²) in [6.07, 6.45) is -3.97. The Labute approximate surface area is 176 Å². The molecule has 0 unspecified atom stereocenters. The molecule has 4 rings (SSSR count). The Morgan fingerprint density at radius 1 is 1.06 bits per heavy atom. The molecule has 10 heteroatoms. The first kappa shape index (κ1) is 21.1. The number of hydrogen-bond acceptors (Lipinski definition) is 5. The SMILES string of the molecule is Cc1noc(C)c1S(=O)(=O)Nc1ccc(C2=NCCc3cc(C(F)(F)F)ccc32)cc1. The van der Waals surface area contributed by atoms with E-state index >= 15 is 0 Å². The number of sulfonamides is 1. The largest absolute Gasteiger partial charge is 0.416 e. The van der Waals surface area contributed by atoms with Crippen LogP contribution >= 0.6 is 0 Å². The Balaban J connectivity index is 1.60. The molecule has 0 bridgehead atoms. The Hall–Kier alpha value is -3.14. The first-order chi connectivity index (χ1) is 14.6. The molecule has 1 aliphatic heterocycles. The van der Waals surface area contributed by atoms with Crippen LogP contribution in [0.3, 0.4) is 0 Å². The fourth-order valence-electron chi connectivity index (χ4n) is 3.59. The Kier molecular flexibility index (Phi) is 5.12. The molecule has 0 radical (unpaired) electrons. The highest BCUT2D eigenvalue weighted by molar-refractivity contribution is 7.92. The molecule has 0 spiro atoms. The summed E-state index contributed by atoms with van der Waals surface area (Å²) in [7, 11) is -3.88. The number of fused-ring (bicyclic) bond motifs is 1. The molecule has 0 fully saturated rings. The number of alkyl halides is 3.